The van der Waals surface area contributed by atoms with E-state index in [0.717, 1.165) is 0 Å². The fourth-order valence-corrected chi connectivity index (χ4v) is 0.655. The molecule has 13 heavy (non-hydrogen) atoms. The van der Waals surface area contributed by atoms with E-state index in [0.29, 0.717) is 0 Å². The van der Waals surface area contributed by atoms with Gasteiger partial charge in [-0.1, -0.05) is 0 Å². The van der Waals surface area contributed by atoms with Gasteiger partial charge in [-0.25, -0.2) is 9.18 Å². The SMILES string of the molecule is O=C(O)[C@H](F)[C@@H](O)[C@H](O)[C@H](O)CO. The largest absolute Gasteiger partial charge is 0.479 e. The molecule has 0 rings (SSSR count). The van der Waals surface area contributed by atoms with E-state index in [-0.39, 0.29) is 0 Å². The molecule has 0 aromatic rings. The Balaban J connectivity index is 4.24. The van der Waals surface area contributed by atoms with Crippen molar-refractivity contribution in [3.05, 3.63) is 0 Å². The standard InChI is InChI=1S/C6H11FO6/c7-3(6(12)13)5(11)4(10)2(9)1-8/h2-5,8-11H,1H2,(H,12,13)/t2-,3-,4-,5-/m1/s1. The van der Waals surface area contributed by atoms with Gasteiger partial charge in [-0.3, -0.25) is 0 Å². The molecule has 0 aliphatic rings. The minimum Gasteiger partial charge on any atom is -0.479 e. The van der Waals surface area contributed by atoms with Crippen LogP contribution in [0.1, 0.15) is 0 Å². The number of hydrogen-bond acceptors (Lipinski definition) is 5. The summed E-state index contributed by atoms with van der Waals surface area (Å²) in [5.41, 5.74) is 0. The van der Waals surface area contributed by atoms with Crippen molar-refractivity contribution in [1.82, 2.24) is 0 Å². The number of aliphatic hydroxyl groups excluding tert-OH is 4. The Hall–Kier alpha value is -0.760. The molecule has 0 radical (unpaired) electrons. The number of carbonyl (C=O) groups is 1. The van der Waals surface area contributed by atoms with E-state index in [1.54, 1.807) is 0 Å². The first-order valence-corrected chi connectivity index (χ1v) is 3.43. The highest BCUT2D eigenvalue weighted by Gasteiger charge is 2.35. The second-order valence-corrected chi connectivity index (χ2v) is 2.47. The molecule has 0 aromatic heterocycles. The van der Waals surface area contributed by atoms with E-state index in [1.165, 1.54) is 0 Å². The van der Waals surface area contributed by atoms with Crippen LogP contribution in [0.2, 0.25) is 0 Å². The third-order valence-electron chi connectivity index (χ3n) is 1.47. The van der Waals surface area contributed by atoms with Gasteiger partial charge in [0.15, 0.2) is 0 Å². The Morgan fingerprint density at radius 1 is 1.23 bits per heavy atom. The van der Waals surface area contributed by atoms with Gasteiger partial charge in [0, 0.05) is 0 Å². The van der Waals surface area contributed by atoms with E-state index in [1.807, 2.05) is 0 Å². The van der Waals surface area contributed by atoms with Crippen LogP contribution in [0.15, 0.2) is 0 Å². The molecule has 0 fully saturated rings. The summed E-state index contributed by atoms with van der Waals surface area (Å²) in [5.74, 6) is -1.95. The Kier molecular flexibility index (Phi) is 4.78. The van der Waals surface area contributed by atoms with Crippen LogP contribution >= 0.6 is 0 Å². The second-order valence-electron chi connectivity index (χ2n) is 2.47. The Labute approximate surface area is 72.9 Å². The van der Waals surface area contributed by atoms with Crippen LogP contribution in [0.3, 0.4) is 0 Å². The zero-order chi connectivity index (χ0) is 10.6. The molecule has 0 aliphatic carbocycles. The molecule has 7 heteroatoms. The number of rotatable bonds is 5. The molecule has 0 amide bonds. The summed E-state index contributed by atoms with van der Waals surface area (Å²) < 4.78 is 12.5. The van der Waals surface area contributed by atoms with Crippen molar-refractivity contribution in [3.8, 4) is 0 Å². The lowest BCUT2D eigenvalue weighted by molar-refractivity contribution is -0.155. The third kappa shape index (κ3) is 3.23. The van der Waals surface area contributed by atoms with Crippen molar-refractivity contribution in [2.24, 2.45) is 0 Å². The quantitative estimate of drug-likeness (QED) is 0.333. The molecule has 0 spiro atoms. The normalized spacial score (nSPS) is 20.4. The van der Waals surface area contributed by atoms with Crippen molar-refractivity contribution >= 4 is 5.97 Å². The average molecular weight is 198 g/mol. The van der Waals surface area contributed by atoms with Gasteiger partial charge in [0.2, 0.25) is 6.17 Å². The number of carboxylic acids is 1. The topological polar surface area (TPSA) is 118 Å². The lowest BCUT2D eigenvalue weighted by Gasteiger charge is -2.21. The molecule has 0 aromatic carbocycles. The average Bonchev–Trinajstić information content (AvgIpc) is 2.12. The van der Waals surface area contributed by atoms with Crippen molar-refractivity contribution in [2.75, 3.05) is 6.61 Å². The van der Waals surface area contributed by atoms with Crippen LogP contribution in [0.4, 0.5) is 4.39 Å². The molecular weight excluding hydrogens is 187 g/mol. The highest BCUT2D eigenvalue weighted by Crippen LogP contribution is 2.08. The summed E-state index contributed by atoms with van der Waals surface area (Å²) in [4.78, 5) is 9.97. The van der Waals surface area contributed by atoms with Gasteiger partial charge in [-0.2, -0.15) is 0 Å². The van der Waals surface area contributed by atoms with Crippen molar-refractivity contribution in [2.45, 2.75) is 24.5 Å². The fraction of sp³-hybridized carbons (Fsp3) is 0.833. The molecule has 5 N–H and O–H groups in total. The molecule has 0 heterocycles. The van der Waals surface area contributed by atoms with E-state index in [9.17, 15) is 9.18 Å². The van der Waals surface area contributed by atoms with Gasteiger partial charge in [0.05, 0.1) is 6.61 Å². The maximum absolute atomic E-state index is 12.5. The Bertz CT molecular complexity index is 175. The number of hydrogen-bond donors (Lipinski definition) is 5. The summed E-state index contributed by atoms with van der Waals surface area (Å²) in [5, 5.41) is 42.7. The predicted octanol–water partition coefficient (Wildman–Crippen LogP) is -2.52. The van der Waals surface area contributed by atoms with Gasteiger partial charge in [-0.15, -0.1) is 0 Å². The van der Waals surface area contributed by atoms with Crippen molar-refractivity contribution in [1.29, 1.82) is 0 Å². The lowest BCUT2D eigenvalue weighted by Crippen LogP contribution is -2.46. The Morgan fingerprint density at radius 2 is 1.69 bits per heavy atom. The molecule has 0 unspecified atom stereocenters. The molecule has 0 saturated heterocycles. The van der Waals surface area contributed by atoms with Gasteiger partial charge in [-0.05, 0) is 0 Å². The summed E-state index contributed by atoms with van der Waals surface area (Å²) >= 11 is 0. The summed E-state index contributed by atoms with van der Waals surface area (Å²) in [6.07, 6.45) is -8.76. The van der Waals surface area contributed by atoms with Gasteiger partial charge in [0.1, 0.15) is 18.3 Å². The van der Waals surface area contributed by atoms with E-state index in [4.69, 9.17) is 25.5 Å². The van der Waals surface area contributed by atoms with Gasteiger partial charge < -0.3 is 25.5 Å². The second kappa shape index (κ2) is 5.07. The Morgan fingerprint density at radius 3 is 2.00 bits per heavy atom. The highest BCUT2D eigenvalue weighted by atomic mass is 19.1. The van der Waals surface area contributed by atoms with E-state index < -0.39 is 37.1 Å². The smallest absolute Gasteiger partial charge is 0.341 e. The minimum absolute atomic E-state index is 0.898. The summed E-state index contributed by atoms with van der Waals surface area (Å²) in [6, 6.07) is 0. The predicted molar refractivity (Wildman–Crippen MR) is 37.6 cm³/mol. The number of alkyl halides is 1. The maximum atomic E-state index is 12.5. The van der Waals surface area contributed by atoms with Gasteiger partial charge in [0.25, 0.3) is 0 Å². The van der Waals surface area contributed by atoms with E-state index >= 15 is 0 Å². The zero-order valence-corrected chi connectivity index (χ0v) is 6.54. The zero-order valence-electron chi connectivity index (χ0n) is 6.54. The lowest BCUT2D eigenvalue weighted by atomic mass is 10.0. The number of aliphatic hydroxyl groups is 4. The van der Waals surface area contributed by atoms with Crippen LogP contribution in [-0.2, 0) is 4.79 Å². The molecular formula is C6H11FO6. The van der Waals surface area contributed by atoms with Crippen molar-refractivity contribution < 1.29 is 34.7 Å². The number of halogens is 1. The molecule has 0 saturated carbocycles. The van der Waals surface area contributed by atoms with Crippen molar-refractivity contribution in [3.63, 3.8) is 0 Å². The number of carboxylic acid groups (broad SMARTS) is 1. The minimum atomic E-state index is -2.70. The molecule has 4 atom stereocenters. The first-order valence-electron chi connectivity index (χ1n) is 3.43. The van der Waals surface area contributed by atoms with Crippen LogP contribution in [-0.4, -0.2) is 62.6 Å². The molecule has 78 valence electrons. The van der Waals surface area contributed by atoms with Crippen LogP contribution in [0.25, 0.3) is 0 Å². The molecule has 6 nitrogen and oxygen atoms in total. The van der Waals surface area contributed by atoms with Crippen LogP contribution < -0.4 is 0 Å². The van der Waals surface area contributed by atoms with E-state index in [2.05, 4.69) is 0 Å². The third-order valence-corrected chi connectivity index (χ3v) is 1.47. The number of aliphatic carboxylic acids is 1. The molecule has 0 aliphatic heterocycles. The first kappa shape index (κ1) is 12.2. The van der Waals surface area contributed by atoms with Crippen LogP contribution in [0.5, 0.6) is 0 Å². The highest BCUT2D eigenvalue weighted by molar-refractivity contribution is 5.72. The van der Waals surface area contributed by atoms with Gasteiger partial charge >= 0.3 is 5.97 Å². The van der Waals surface area contributed by atoms with Crippen LogP contribution in [0, 0.1) is 0 Å². The summed E-state index contributed by atoms with van der Waals surface area (Å²) in [7, 11) is 0. The monoisotopic (exact) mass is 198 g/mol. The maximum Gasteiger partial charge on any atom is 0.341 e. The molecule has 0 bridgehead atoms. The summed E-state index contributed by atoms with van der Waals surface area (Å²) in [6.45, 7) is -0.898. The first-order chi connectivity index (χ1) is 5.91. The fourth-order valence-electron chi connectivity index (χ4n) is 0.655.